The summed E-state index contributed by atoms with van der Waals surface area (Å²) in [5.74, 6) is 0.321. The number of hydrogen-bond acceptors (Lipinski definition) is 7. The number of thioether (sulfide) groups is 1. The molecule has 2 aromatic carbocycles. The summed E-state index contributed by atoms with van der Waals surface area (Å²) >= 11 is 1.51. The summed E-state index contributed by atoms with van der Waals surface area (Å²) < 4.78 is 0. The number of hydrogen-bond donors (Lipinski definition) is 3. The lowest BCUT2D eigenvalue weighted by Crippen LogP contribution is -2.21. The lowest BCUT2D eigenvalue weighted by Gasteiger charge is -2.06. The van der Waals surface area contributed by atoms with Gasteiger partial charge in [0.2, 0.25) is 5.71 Å². The van der Waals surface area contributed by atoms with Gasteiger partial charge in [-0.1, -0.05) is 30.3 Å². The van der Waals surface area contributed by atoms with Crippen molar-refractivity contribution in [3.63, 3.8) is 0 Å². The summed E-state index contributed by atoms with van der Waals surface area (Å²) in [6, 6.07) is 16.3. The first-order chi connectivity index (χ1) is 13.0. The maximum Gasteiger partial charge on any atom is 0.272 e. The van der Waals surface area contributed by atoms with Gasteiger partial charge in [0.1, 0.15) is 6.07 Å². The fourth-order valence-electron chi connectivity index (χ4n) is 2.21. The first-order valence-electron chi connectivity index (χ1n) is 8.04. The number of amidine groups is 1. The number of nitriles is 1. The van der Waals surface area contributed by atoms with Gasteiger partial charge in [0.05, 0.1) is 10.6 Å². The Morgan fingerprint density at radius 2 is 2.07 bits per heavy atom. The average Bonchev–Trinajstić information content (AvgIpc) is 2.66. The summed E-state index contributed by atoms with van der Waals surface area (Å²) in [7, 11) is 0. The molecule has 2 rings (SSSR count). The molecule has 9 heteroatoms. The van der Waals surface area contributed by atoms with Crippen LogP contribution >= 0.6 is 11.8 Å². The molecule has 0 unspecified atom stereocenters. The molecule has 0 aliphatic heterocycles. The van der Waals surface area contributed by atoms with E-state index in [4.69, 9.17) is 16.4 Å². The highest BCUT2D eigenvalue weighted by Crippen LogP contribution is 2.28. The number of nitrogens with one attached hydrogen (secondary N) is 2. The van der Waals surface area contributed by atoms with Crippen molar-refractivity contribution in [2.24, 2.45) is 10.8 Å². The van der Waals surface area contributed by atoms with E-state index in [1.807, 2.05) is 18.2 Å². The van der Waals surface area contributed by atoms with Crippen molar-refractivity contribution < 1.29 is 4.92 Å². The molecule has 0 spiro atoms. The van der Waals surface area contributed by atoms with Crippen LogP contribution in [0.1, 0.15) is 12.0 Å². The van der Waals surface area contributed by atoms with E-state index in [1.54, 1.807) is 12.1 Å². The molecule has 0 saturated carbocycles. The van der Waals surface area contributed by atoms with Crippen LogP contribution in [0.5, 0.6) is 0 Å². The van der Waals surface area contributed by atoms with Gasteiger partial charge < -0.3 is 5.73 Å². The van der Waals surface area contributed by atoms with Crippen molar-refractivity contribution in [1.29, 1.82) is 10.7 Å². The number of nitrogens with two attached hydrogens (primary N) is 1. The molecule has 2 aromatic rings. The van der Waals surface area contributed by atoms with Gasteiger partial charge in [-0.15, -0.1) is 11.8 Å². The zero-order valence-electron chi connectivity index (χ0n) is 14.4. The van der Waals surface area contributed by atoms with E-state index < -0.39 is 10.8 Å². The number of aryl methyl sites for hydroxylation is 1. The summed E-state index contributed by atoms with van der Waals surface area (Å²) in [5.41, 5.74) is 9.01. The van der Waals surface area contributed by atoms with E-state index in [9.17, 15) is 10.1 Å². The number of nitrogens with zero attached hydrogens (tertiary/aromatic N) is 3. The largest absolute Gasteiger partial charge is 0.382 e. The van der Waals surface area contributed by atoms with Crippen molar-refractivity contribution in [2.45, 2.75) is 17.7 Å². The van der Waals surface area contributed by atoms with Crippen LogP contribution in [0.15, 0.2) is 58.5 Å². The van der Waals surface area contributed by atoms with Gasteiger partial charge in [-0.05, 0) is 30.2 Å². The molecule has 0 aliphatic rings. The quantitative estimate of drug-likeness (QED) is 0.151. The number of anilines is 1. The van der Waals surface area contributed by atoms with Crippen LogP contribution in [0.3, 0.4) is 0 Å². The molecule has 0 heterocycles. The molecule has 0 amide bonds. The van der Waals surface area contributed by atoms with Gasteiger partial charge in [0.15, 0.2) is 5.84 Å². The van der Waals surface area contributed by atoms with Crippen LogP contribution in [-0.2, 0) is 6.42 Å². The Balaban J connectivity index is 2.04. The molecular weight excluding hydrogens is 364 g/mol. The first-order valence-corrected chi connectivity index (χ1v) is 9.02. The molecule has 8 nitrogen and oxygen atoms in total. The van der Waals surface area contributed by atoms with E-state index in [0.29, 0.717) is 5.69 Å². The number of nitro benzene ring substituents is 1. The molecule has 4 N–H and O–H groups in total. The van der Waals surface area contributed by atoms with E-state index in [-0.39, 0.29) is 11.4 Å². The second-order valence-corrected chi connectivity index (χ2v) is 6.68. The van der Waals surface area contributed by atoms with Gasteiger partial charge in [-0.25, -0.2) is 0 Å². The fraction of sp³-hybridized carbons (Fsp3) is 0.167. The number of benzene rings is 2. The highest BCUT2D eigenvalue weighted by molar-refractivity contribution is 7.99. The minimum absolute atomic E-state index is 0.0814. The minimum atomic E-state index is -0.487. The Bertz CT molecular complexity index is 892. The van der Waals surface area contributed by atoms with Crippen molar-refractivity contribution in [1.82, 2.24) is 0 Å². The highest BCUT2D eigenvalue weighted by atomic mass is 32.2. The van der Waals surface area contributed by atoms with Gasteiger partial charge in [0.25, 0.3) is 5.69 Å². The van der Waals surface area contributed by atoms with Gasteiger partial charge in [-0.2, -0.15) is 10.4 Å². The predicted octanol–water partition coefficient (Wildman–Crippen LogP) is 3.55. The van der Waals surface area contributed by atoms with Crippen LogP contribution in [0, 0.1) is 26.9 Å². The topological polar surface area (TPSA) is 141 Å². The SMILES string of the molecule is N#C/C(=N\Nc1cc(SCCCc2ccccc2)cc([N+](=O)[O-])c1)C(=N)N. The molecule has 27 heavy (non-hydrogen) atoms. The third-order valence-electron chi connectivity index (χ3n) is 3.48. The number of nitro groups is 1. The third kappa shape index (κ3) is 6.45. The highest BCUT2D eigenvalue weighted by Gasteiger charge is 2.11. The standard InChI is InChI=1S/C18H18N6O2S/c19-12-17(18(20)21)23-22-14-9-15(24(25)26)11-16(10-14)27-8-4-7-13-5-2-1-3-6-13/h1-3,5-6,9-11,22H,4,7-8H2,(H3,20,21)/b23-17+. The Morgan fingerprint density at radius 1 is 1.33 bits per heavy atom. The zero-order valence-corrected chi connectivity index (χ0v) is 15.2. The molecule has 0 bridgehead atoms. The van der Waals surface area contributed by atoms with Crippen LogP contribution in [0.2, 0.25) is 0 Å². The van der Waals surface area contributed by atoms with Crippen molar-refractivity contribution >= 4 is 34.7 Å². The van der Waals surface area contributed by atoms with Crippen LogP contribution in [-0.4, -0.2) is 22.2 Å². The van der Waals surface area contributed by atoms with E-state index in [0.717, 1.165) is 23.5 Å². The second kappa shape index (κ2) is 9.94. The molecule has 0 saturated heterocycles. The van der Waals surface area contributed by atoms with Crippen LogP contribution in [0.25, 0.3) is 0 Å². The number of hydrazone groups is 1. The Hall–Kier alpha value is -3.38. The van der Waals surface area contributed by atoms with Crippen LogP contribution in [0.4, 0.5) is 11.4 Å². The summed E-state index contributed by atoms with van der Waals surface area (Å²) in [4.78, 5) is 11.4. The smallest absolute Gasteiger partial charge is 0.272 e. The Kier molecular flexibility index (Phi) is 7.34. The van der Waals surface area contributed by atoms with Gasteiger partial charge in [-0.3, -0.25) is 20.9 Å². The molecule has 0 aliphatic carbocycles. The molecule has 0 aromatic heterocycles. The monoisotopic (exact) mass is 382 g/mol. The van der Waals surface area contributed by atoms with E-state index in [2.05, 4.69) is 22.7 Å². The lowest BCUT2D eigenvalue weighted by atomic mass is 10.1. The summed E-state index contributed by atoms with van der Waals surface area (Å²) in [6.07, 6.45) is 1.86. The second-order valence-electron chi connectivity index (χ2n) is 5.51. The maximum atomic E-state index is 11.1. The van der Waals surface area contributed by atoms with Gasteiger partial charge in [0, 0.05) is 17.0 Å². The Morgan fingerprint density at radius 3 is 2.70 bits per heavy atom. The van der Waals surface area contributed by atoms with E-state index in [1.165, 1.54) is 29.5 Å². The predicted molar refractivity (Wildman–Crippen MR) is 107 cm³/mol. The molecule has 0 radical (unpaired) electrons. The average molecular weight is 382 g/mol. The van der Waals surface area contributed by atoms with Crippen molar-refractivity contribution in [2.75, 3.05) is 11.2 Å². The number of non-ortho nitro benzene ring substituents is 1. The zero-order chi connectivity index (χ0) is 19.6. The van der Waals surface area contributed by atoms with Crippen molar-refractivity contribution in [3.05, 3.63) is 64.2 Å². The third-order valence-corrected chi connectivity index (χ3v) is 4.54. The summed E-state index contributed by atoms with van der Waals surface area (Å²) in [5, 5.41) is 30.9. The summed E-state index contributed by atoms with van der Waals surface area (Å²) in [6.45, 7) is 0. The molecule has 0 atom stereocenters. The van der Waals surface area contributed by atoms with Crippen molar-refractivity contribution in [3.8, 4) is 6.07 Å². The lowest BCUT2D eigenvalue weighted by molar-refractivity contribution is -0.385. The van der Waals surface area contributed by atoms with Crippen LogP contribution < -0.4 is 11.2 Å². The van der Waals surface area contributed by atoms with E-state index >= 15 is 0 Å². The Labute approximate surface area is 160 Å². The first kappa shape index (κ1) is 19.9. The normalized spacial score (nSPS) is 10.9. The maximum absolute atomic E-state index is 11.1. The fourth-order valence-corrected chi connectivity index (χ4v) is 3.15. The molecule has 0 fully saturated rings. The van der Waals surface area contributed by atoms with Gasteiger partial charge >= 0.3 is 0 Å². The minimum Gasteiger partial charge on any atom is -0.382 e. The molecule has 138 valence electrons. The number of rotatable bonds is 9. The molecular formula is C18H18N6O2S.